The third kappa shape index (κ3) is 6.95. The third-order valence-electron chi connectivity index (χ3n) is 3.89. The Morgan fingerprint density at radius 1 is 0.556 bits per heavy atom. The monoisotopic (exact) mass is 364 g/mol. The molecule has 0 radical (unpaired) electrons. The van der Waals surface area contributed by atoms with Gasteiger partial charge in [0.25, 0.3) is 0 Å². The van der Waals surface area contributed by atoms with E-state index in [0.717, 1.165) is 24.0 Å². The maximum Gasteiger partial charge on any atom is 0.00744 e. The van der Waals surface area contributed by atoms with Crippen LogP contribution in [-0.4, -0.2) is 0 Å². The van der Waals surface area contributed by atoms with Gasteiger partial charge in [-0.2, -0.15) is 0 Å². The molecule has 4 bridgehead atoms. The molecule has 0 amide bonds. The van der Waals surface area contributed by atoms with Crippen LogP contribution < -0.4 is 0 Å². The SMILES string of the molecule is C1#CC2=CC=CC=C(/C=C\C=C/S/C=C\C=C/C3=CC=CC=C(C#C1)C3)C2. The largest absolute Gasteiger partial charge is 0.106 e. The first-order chi connectivity index (χ1) is 13.4. The van der Waals surface area contributed by atoms with Crippen LogP contribution >= 0.6 is 11.8 Å². The molecule has 0 saturated heterocycles. The summed E-state index contributed by atoms with van der Waals surface area (Å²) in [7, 11) is 0. The minimum atomic E-state index is 0.821. The van der Waals surface area contributed by atoms with E-state index in [1.54, 1.807) is 11.8 Å². The minimum absolute atomic E-state index is 0.821. The van der Waals surface area contributed by atoms with Gasteiger partial charge in [0.2, 0.25) is 0 Å². The second-order valence-corrected chi connectivity index (χ2v) is 6.82. The van der Waals surface area contributed by atoms with Crippen LogP contribution in [0.25, 0.3) is 0 Å². The first-order valence-electron chi connectivity index (χ1n) is 8.87. The second-order valence-electron chi connectivity index (χ2n) is 6.00. The van der Waals surface area contributed by atoms with Gasteiger partial charge in [-0.05, 0) is 33.8 Å². The summed E-state index contributed by atoms with van der Waals surface area (Å²) < 4.78 is 0. The standard InChI is InChI=1S/C26H20S/c1-2-12-24-14-4-6-16-26(22-24)18-8-10-20-27-19-9-7-17-25-15-5-3-13-23(11-1)21-25/h3-10,13-20H,21-22H2/b17-7-,18-8-,19-9-,20-10-. The summed E-state index contributed by atoms with van der Waals surface area (Å²) in [5.41, 5.74) is 4.61. The highest BCUT2D eigenvalue weighted by molar-refractivity contribution is 8.04. The molecule has 1 heteroatoms. The quantitative estimate of drug-likeness (QED) is 0.442. The zero-order valence-corrected chi connectivity index (χ0v) is 15.9. The molecule has 2 aliphatic carbocycles. The number of rotatable bonds is 0. The molecule has 0 saturated carbocycles. The average Bonchev–Trinajstić information content (AvgIpc) is 3.04. The molecule has 0 nitrogen and oxygen atoms in total. The Kier molecular flexibility index (Phi) is 7.44. The van der Waals surface area contributed by atoms with Crippen LogP contribution in [0, 0.1) is 23.7 Å². The summed E-state index contributed by atoms with van der Waals surface area (Å²) in [4.78, 5) is 0. The first kappa shape index (κ1) is 18.7. The zero-order chi connectivity index (χ0) is 18.6. The number of hydrogen-bond acceptors (Lipinski definition) is 1. The lowest BCUT2D eigenvalue weighted by atomic mass is 10.1. The van der Waals surface area contributed by atoms with Crippen LogP contribution in [0.1, 0.15) is 12.8 Å². The topological polar surface area (TPSA) is 0 Å². The molecule has 0 spiro atoms. The molecular weight excluding hydrogens is 344 g/mol. The highest BCUT2D eigenvalue weighted by Crippen LogP contribution is 2.17. The van der Waals surface area contributed by atoms with Gasteiger partial charge in [-0.1, -0.05) is 96.9 Å². The molecule has 0 unspecified atom stereocenters. The minimum Gasteiger partial charge on any atom is -0.106 e. The molecule has 3 aliphatic rings. The van der Waals surface area contributed by atoms with E-state index in [2.05, 4.69) is 107 Å². The van der Waals surface area contributed by atoms with E-state index in [4.69, 9.17) is 0 Å². The van der Waals surface area contributed by atoms with Gasteiger partial charge in [0.15, 0.2) is 0 Å². The van der Waals surface area contributed by atoms with E-state index in [0.29, 0.717) is 0 Å². The third-order valence-corrected chi connectivity index (χ3v) is 4.52. The normalized spacial score (nSPS) is 23.4. The highest BCUT2D eigenvalue weighted by Gasteiger charge is 2.00. The van der Waals surface area contributed by atoms with E-state index in [1.807, 2.05) is 12.2 Å². The molecule has 130 valence electrons. The molecule has 0 aromatic carbocycles. The van der Waals surface area contributed by atoms with Crippen molar-refractivity contribution in [1.82, 2.24) is 0 Å². The van der Waals surface area contributed by atoms with Crippen LogP contribution in [0.15, 0.2) is 118 Å². The summed E-state index contributed by atoms with van der Waals surface area (Å²) in [5.74, 6) is 12.4. The maximum absolute atomic E-state index is 3.20. The predicted molar refractivity (Wildman–Crippen MR) is 120 cm³/mol. The van der Waals surface area contributed by atoms with Gasteiger partial charge in [-0.15, -0.1) is 11.8 Å². The van der Waals surface area contributed by atoms with Gasteiger partial charge < -0.3 is 0 Å². The van der Waals surface area contributed by atoms with E-state index in [-0.39, 0.29) is 0 Å². The number of hydrogen-bond donors (Lipinski definition) is 0. The Bertz CT molecular complexity index is 906. The van der Waals surface area contributed by atoms with E-state index in [9.17, 15) is 0 Å². The fraction of sp³-hybridized carbons (Fsp3) is 0.0769. The molecule has 0 fully saturated rings. The molecule has 0 atom stereocenters. The Morgan fingerprint density at radius 3 is 1.56 bits per heavy atom. The van der Waals surface area contributed by atoms with Gasteiger partial charge in [-0.3, -0.25) is 0 Å². The van der Waals surface area contributed by atoms with Crippen LogP contribution in [-0.2, 0) is 0 Å². The van der Waals surface area contributed by atoms with Gasteiger partial charge >= 0.3 is 0 Å². The van der Waals surface area contributed by atoms with Crippen LogP contribution in [0.4, 0.5) is 0 Å². The molecule has 27 heavy (non-hydrogen) atoms. The van der Waals surface area contributed by atoms with Crippen molar-refractivity contribution >= 4 is 11.8 Å². The van der Waals surface area contributed by atoms with Crippen molar-refractivity contribution in [2.24, 2.45) is 0 Å². The Hall–Kier alpha value is -3.13. The molecule has 0 aromatic rings. The van der Waals surface area contributed by atoms with Gasteiger partial charge in [0.1, 0.15) is 0 Å². The molecule has 3 rings (SSSR count). The maximum atomic E-state index is 3.20. The summed E-state index contributed by atoms with van der Waals surface area (Å²) in [6.45, 7) is 0. The van der Waals surface area contributed by atoms with Crippen molar-refractivity contribution in [1.29, 1.82) is 0 Å². The van der Waals surface area contributed by atoms with Crippen molar-refractivity contribution in [3.05, 3.63) is 118 Å². The molecular formula is C26H20S. The summed E-state index contributed by atoms with van der Waals surface area (Å²) in [5, 5.41) is 4.14. The Morgan fingerprint density at radius 2 is 1.04 bits per heavy atom. The van der Waals surface area contributed by atoms with E-state index < -0.39 is 0 Å². The van der Waals surface area contributed by atoms with Crippen molar-refractivity contribution in [3.63, 3.8) is 0 Å². The zero-order valence-electron chi connectivity index (χ0n) is 15.1. The predicted octanol–water partition coefficient (Wildman–Crippen LogP) is 6.51. The molecule has 1 aliphatic heterocycles. The lowest BCUT2D eigenvalue weighted by Crippen LogP contribution is -1.83. The molecule has 1 heterocycles. The number of thioether (sulfide) groups is 1. The number of allylic oxidation sites excluding steroid dienone is 18. The van der Waals surface area contributed by atoms with Crippen molar-refractivity contribution in [2.75, 3.05) is 0 Å². The number of fused-ring (bicyclic) bond motifs is 4. The highest BCUT2D eigenvalue weighted by atomic mass is 32.2. The van der Waals surface area contributed by atoms with Crippen LogP contribution in [0.2, 0.25) is 0 Å². The van der Waals surface area contributed by atoms with E-state index >= 15 is 0 Å². The van der Waals surface area contributed by atoms with Gasteiger partial charge in [0.05, 0.1) is 0 Å². The van der Waals surface area contributed by atoms with E-state index in [1.165, 1.54) is 11.1 Å². The smallest absolute Gasteiger partial charge is 0.00744 e. The Labute approximate surface area is 166 Å². The second kappa shape index (κ2) is 10.8. The van der Waals surface area contributed by atoms with Gasteiger partial charge in [-0.25, -0.2) is 0 Å². The molecule has 0 aromatic heterocycles. The van der Waals surface area contributed by atoms with Crippen molar-refractivity contribution in [2.45, 2.75) is 12.8 Å². The van der Waals surface area contributed by atoms with Crippen LogP contribution in [0.3, 0.4) is 0 Å². The first-order valence-corrected chi connectivity index (χ1v) is 9.81. The fourth-order valence-electron chi connectivity index (χ4n) is 2.59. The van der Waals surface area contributed by atoms with Crippen LogP contribution in [0.5, 0.6) is 0 Å². The van der Waals surface area contributed by atoms with Crippen molar-refractivity contribution < 1.29 is 0 Å². The molecule has 0 N–H and O–H groups in total. The average molecular weight is 365 g/mol. The Balaban J connectivity index is 1.87. The fourth-order valence-corrected chi connectivity index (χ4v) is 3.04. The summed E-state index contributed by atoms with van der Waals surface area (Å²) in [6.07, 6.45) is 30.7. The lowest BCUT2D eigenvalue weighted by molar-refractivity contribution is 1.23. The van der Waals surface area contributed by atoms with Crippen molar-refractivity contribution in [3.8, 4) is 23.7 Å². The summed E-state index contributed by atoms with van der Waals surface area (Å²) in [6, 6.07) is 0. The van der Waals surface area contributed by atoms with Gasteiger partial charge in [0, 0.05) is 24.0 Å². The lowest BCUT2D eigenvalue weighted by Gasteiger charge is -1.98. The summed E-state index contributed by atoms with van der Waals surface area (Å²) >= 11 is 1.66.